The van der Waals surface area contributed by atoms with Crippen LogP contribution in [0, 0.1) is 17.8 Å². The molecule has 2 fully saturated rings. The third-order valence-corrected chi connectivity index (χ3v) is 5.72. The van der Waals surface area contributed by atoms with Crippen LogP contribution >= 0.6 is 0 Å². The number of hydrogen-bond acceptors (Lipinski definition) is 8. The highest BCUT2D eigenvalue weighted by Gasteiger charge is 2.48. The Morgan fingerprint density at radius 1 is 0.792 bits per heavy atom. The van der Waals surface area contributed by atoms with Gasteiger partial charge in [-0.2, -0.15) is 0 Å². The Morgan fingerprint density at radius 2 is 1.33 bits per heavy atom. The summed E-state index contributed by atoms with van der Waals surface area (Å²) < 4.78 is 11.0. The molecule has 2 aliphatic carbocycles. The fourth-order valence-electron chi connectivity index (χ4n) is 3.91. The van der Waals surface area contributed by atoms with Crippen LogP contribution in [-0.2, 0) is 9.47 Å². The molecule has 0 heterocycles. The van der Waals surface area contributed by atoms with Gasteiger partial charge in [-0.1, -0.05) is 6.92 Å². The van der Waals surface area contributed by atoms with E-state index < -0.39 is 48.6 Å². The van der Waals surface area contributed by atoms with Crippen molar-refractivity contribution >= 4 is 0 Å². The van der Waals surface area contributed by atoms with Gasteiger partial charge in [-0.15, -0.1) is 0 Å². The molecule has 0 aromatic rings. The molecule has 2 saturated carbocycles. The van der Waals surface area contributed by atoms with Gasteiger partial charge in [0.1, 0.15) is 18.3 Å². The molecule has 2 rings (SSSR count). The van der Waals surface area contributed by atoms with Gasteiger partial charge in [0.15, 0.2) is 0 Å². The largest absolute Gasteiger partial charge is 0.396 e. The lowest BCUT2D eigenvalue weighted by molar-refractivity contribution is -0.232. The lowest BCUT2D eigenvalue weighted by Gasteiger charge is -2.46. The minimum atomic E-state index is -1.28. The number of aliphatic hydroxyl groups is 6. The van der Waals surface area contributed by atoms with Crippen molar-refractivity contribution in [1.82, 2.24) is 0 Å². The van der Waals surface area contributed by atoms with Crippen LogP contribution in [0.15, 0.2) is 0 Å². The summed E-state index contributed by atoms with van der Waals surface area (Å²) >= 11 is 0. The molecule has 2 aliphatic rings. The van der Waals surface area contributed by atoms with Gasteiger partial charge in [0, 0.05) is 26.2 Å². The molecule has 10 unspecified atom stereocenters. The van der Waals surface area contributed by atoms with E-state index in [1.165, 1.54) is 7.11 Å². The van der Waals surface area contributed by atoms with Crippen molar-refractivity contribution in [3.63, 3.8) is 0 Å². The molecule has 6 N–H and O–H groups in total. The predicted molar refractivity (Wildman–Crippen MR) is 83.0 cm³/mol. The highest BCUT2D eigenvalue weighted by Crippen LogP contribution is 2.36. The van der Waals surface area contributed by atoms with Crippen LogP contribution in [0.5, 0.6) is 0 Å². The first-order chi connectivity index (χ1) is 11.3. The SMILES string of the molecule is COC1CC(CO)C(OC2CC(CO)C(C)C(O)C2O)C(O)C1O. The zero-order chi connectivity index (χ0) is 18.0. The van der Waals surface area contributed by atoms with Crippen molar-refractivity contribution in [2.24, 2.45) is 17.8 Å². The standard InChI is InChI=1S/C16H30O8/c1-7-8(5-17)3-11(14(21)12(7)19)24-16-9(6-18)4-10(23-2)13(20)15(16)22/h7-22H,3-6H2,1-2H3. The highest BCUT2D eigenvalue weighted by atomic mass is 16.5. The van der Waals surface area contributed by atoms with Crippen LogP contribution in [0.4, 0.5) is 0 Å². The van der Waals surface area contributed by atoms with E-state index in [9.17, 15) is 30.6 Å². The normalized spacial score (nSPS) is 50.0. The van der Waals surface area contributed by atoms with Gasteiger partial charge in [-0.05, 0) is 24.7 Å². The molecule has 0 aromatic heterocycles. The maximum absolute atomic E-state index is 10.3. The molecule has 0 amide bonds. The maximum Gasteiger partial charge on any atom is 0.109 e. The van der Waals surface area contributed by atoms with E-state index in [-0.39, 0.29) is 25.0 Å². The van der Waals surface area contributed by atoms with Crippen molar-refractivity contribution in [3.05, 3.63) is 0 Å². The number of methoxy groups -OCH3 is 1. The van der Waals surface area contributed by atoms with Crippen LogP contribution in [0.3, 0.4) is 0 Å². The first kappa shape index (κ1) is 20.0. The van der Waals surface area contributed by atoms with Crippen molar-refractivity contribution in [1.29, 1.82) is 0 Å². The fraction of sp³-hybridized carbons (Fsp3) is 1.00. The monoisotopic (exact) mass is 350 g/mol. The predicted octanol–water partition coefficient (Wildman–Crippen LogP) is -2.14. The van der Waals surface area contributed by atoms with Crippen molar-refractivity contribution < 1.29 is 40.1 Å². The van der Waals surface area contributed by atoms with E-state index in [1.807, 2.05) is 0 Å². The molecular formula is C16H30O8. The highest BCUT2D eigenvalue weighted by molar-refractivity contribution is 4.97. The zero-order valence-corrected chi connectivity index (χ0v) is 14.1. The van der Waals surface area contributed by atoms with Gasteiger partial charge in [-0.25, -0.2) is 0 Å². The van der Waals surface area contributed by atoms with Gasteiger partial charge in [0.05, 0.1) is 24.4 Å². The first-order valence-electron chi connectivity index (χ1n) is 8.47. The van der Waals surface area contributed by atoms with E-state index in [2.05, 4.69) is 0 Å². The lowest BCUT2D eigenvalue weighted by Crippen LogP contribution is -2.59. The molecule has 8 heteroatoms. The molecule has 0 radical (unpaired) electrons. The molecule has 0 aliphatic heterocycles. The van der Waals surface area contributed by atoms with E-state index in [0.717, 1.165) is 0 Å². The van der Waals surface area contributed by atoms with Crippen LogP contribution in [0.1, 0.15) is 19.8 Å². The lowest BCUT2D eigenvalue weighted by atomic mass is 9.75. The molecule has 0 aromatic carbocycles. The number of hydrogen-bond donors (Lipinski definition) is 6. The molecule has 0 bridgehead atoms. The smallest absolute Gasteiger partial charge is 0.109 e. The second kappa shape index (κ2) is 8.37. The average molecular weight is 350 g/mol. The van der Waals surface area contributed by atoms with Gasteiger partial charge in [-0.3, -0.25) is 0 Å². The molecular weight excluding hydrogens is 320 g/mol. The summed E-state index contributed by atoms with van der Waals surface area (Å²) in [6.07, 6.45) is -6.33. The van der Waals surface area contributed by atoms with Crippen molar-refractivity contribution in [2.75, 3.05) is 20.3 Å². The molecule has 10 atom stereocenters. The van der Waals surface area contributed by atoms with Crippen LogP contribution in [0.2, 0.25) is 0 Å². The summed E-state index contributed by atoms with van der Waals surface area (Å²) in [6.45, 7) is 1.35. The molecule has 0 saturated heterocycles. The maximum atomic E-state index is 10.3. The first-order valence-corrected chi connectivity index (χ1v) is 8.47. The molecule has 24 heavy (non-hydrogen) atoms. The topological polar surface area (TPSA) is 140 Å². The van der Waals surface area contributed by atoms with Gasteiger partial charge in [0.2, 0.25) is 0 Å². The fourth-order valence-corrected chi connectivity index (χ4v) is 3.91. The van der Waals surface area contributed by atoms with Crippen molar-refractivity contribution in [2.45, 2.75) is 62.5 Å². The number of ether oxygens (including phenoxy) is 2. The summed E-state index contributed by atoms with van der Waals surface area (Å²) in [7, 11) is 1.42. The zero-order valence-electron chi connectivity index (χ0n) is 14.1. The van der Waals surface area contributed by atoms with Gasteiger partial charge >= 0.3 is 0 Å². The van der Waals surface area contributed by atoms with Crippen LogP contribution in [0.25, 0.3) is 0 Å². The number of aliphatic hydroxyl groups excluding tert-OH is 6. The Balaban J connectivity index is 2.12. The molecule has 142 valence electrons. The van der Waals surface area contributed by atoms with E-state index in [4.69, 9.17) is 9.47 Å². The Kier molecular flexibility index (Phi) is 6.98. The quantitative estimate of drug-likeness (QED) is 0.330. The van der Waals surface area contributed by atoms with Gasteiger partial charge in [0.25, 0.3) is 0 Å². The Hall–Kier alpha value is -0.320. The third-order valence-electron chi connectivity index (χ3n) is 5.72. The summed E-state index contributed by atoms with van der Waals surface area (Å²) in [5, 5.41) is 59.9. The van der Waals surface area contributed by atoms with Crippen molar-refractivity contribution in [3.8, 4) is 0 Å². The molecule has 8 nitrogen and oxygen atoms in total. The Labute approximate surface area is 141 Å². The van der Waals surface area contributed by atoms with Gasteiger partial charge < -0.3 is 40.1 Å². The third kappa shape index (κ3) is 3.76. The van der Waals surface area contributed by atoms with E-state index in [1.54, 1.807) is 6.92 Å². The van der Waals surface area contributed by atoms with E-state index >= 15 is 0 Å². The Bertz CT molecular complexity index is 390. The van der Waals surface area contributed by atoms with Crippen LogP contribution < -0.4 is 0 Å². The Morgan fingerprint density at radius 3 is 1.88 bits per heavy atom. The van der Waals surface area contributed by atoms with Crippen LogP contribution in [-0.4, -0.2) is 93.7 Å². The minimum Gasteiger partial charge on any atom is -0.396 e. The summed E-state index contributed by atoms with van der Waals surface area (Å²) in [5.41, 5.74) is 0. The summed E-state index contributed by atoms with van der Waals surface area (Å²) in [4.78, 5) is 0. The summed E-state index contributed by atoms with van der Waals surface area (Å²) in [5.74, 6) is -0.985. The minimum absolute atomic E-state index is 0.143. The molecule has 0 spiro atoms. The number of rotatable bonds is 5. The second-order valence-electron chi connectivity index (χ2n) is 7.09. The summed E-state index contributed by atoms with van der Waals surface area (Å²) in [6, 6.07) is 0. The second-order valence-corrected chi connectivity index (χ2v) is 7.09. The average Bonchev–Trinajstić information content (AvgIpc) is 2.59. The van der Waals surface area contributed by atoms with E-state index in [0.29, 0.717) is 12.8 Å².